The first-order valence-electron chi connectivity index (χ1n) is 10.2. The van der Waals surface area contributed by atoms with Crippen LogP contribution in [0.1, 0.15) is 41.7 Å². The zero-order chi connectivity index (χ0) is 19.3. The van der Waals surface area contributed by atoms with Crippen molar-refractivity contribution in [3.8, 4) is 0 Å². The molecule has 1 aromatic heterocycles. The van der Waals surface area contributed by atoms with Gasteiger partial charge in [0.2, 0.25) is 0 Å². The lowest BCUT2D eigenvalue weighted by molar-refractivity contribution is 0.0904. The molecular formula is C22H27ClN4O. The van der Waals surface area contributed by atoms with Gasteiger partial charge in [0.25, 0.3) is 5.91 Å². The van der Waals surface area contributed by atoms with Gasteiger partial charge in [0.1, 0.15) is 5.69 Å². The van der Waals surface area contributed by atoms with Gasteiger partial charge in [-0.05, 0) is 55.5 Å². The Bertz CT molecular complexity index is 796. The Morgan fingerprint density at radius 3 is 2.50 bits per heavy atom. The van der Waals surface area contributed by atoms with Crippen molar-refractivity contribution < 1.29 is 4.79 Å². The molecular weight excluding hydrogens is 372 g/mol. The third-order valence-corrected chi connectivity index (χ3v) is 5.94. The first-order chi connectivity index (χ1) is 13.7. The molecule has 0 saturated carbocycles. The largest absolute Gasteiger partial charge is 0.371 e. The maximum atomic E-state index is 12.7. The van der Waals surface area contributed by atoms with E-state index in [-0.39, 0.29) is 11.9 Å². The number of piperidine rings is 1. The van der Waals surface area contributed by atoms with E-state index in [2.05, 4.69) is 32.2 Å². The molecule has 28 heavy (non-hydrogen) atoms. The molecule has 2 saturated heterocycles. The number of benzene rings is 1. The summed E-state index contributed by atoms with van der Waals surface area (Å²) in [5.41, 5.74) is 2.90. The van der Waals surface area contributed by atoms with E-state index in [0.29, 0.717) is 5.69 Å². The van der Waals surface area contributed by atoms with Gasteiger partial charge in [-0.2, -0.15) is 0 Å². The van der Waals surface area contributed by atoms with Gasteiger partial charge in [0.15, 0.2) is 0 Å². The molecule has 5 nitrogen and oxygen atoms in total. The van der Waals surface area contributed by atoms with Crippen LogP contribution in [-0.2, 0) is 6.54 Å². The Morgan fingerprint density at radius 1 is 1.07 bits per heavy atom. The third kappa shape index (κ3) is 4.83. The summed E-state index contributed by atoms with van der Waals surface area (Å²) in [6, 6.07) is 12.2. The van der Waals surface area contributed by atoms with E-state index in [1.165, 1.54) is 18.4 Å². The van der Waals surface area contributed by atoms with Crippen molar-refractivity contribution in [2.45, 2.75) is 38.3 Å². The first-order valence-corrected chi connectivity index (χ1v) is 10.5. The van der Waals surface area contributed by atoms with Gasteiger partial charge in [-0.3, -0.25) is 14.7 Å². The molecule has 2 fully saturated rings. The highest BCUT2D eigenvalue weighted by molar-refractivity contribution is 6.30. The molecule has 3 heterocycles. The predicted molar refractivity (Wildman–Crippen MR) is 113 cm³/mol. The molecule has 0 radical (unpaired) electrons. The number of carbonyl (C=O) groups is 1. The fourth-order valence-electron chi connectivity index (χ4n) is 4.06. The molecule has 1 aromatic carbocycles. The Kier molecular flexibility index (Phi) is 6.13. The molecule has 2 aromatic rings. The molecule has 0 bridgehead atoms. The average molecular weight is 399 g/mol. The van der Waals surface area contributed by atoms with Crippen LogP contribution in [0.3, 0.4) is 0 Å². The minimum atomic E-state index is -0.0581. The molecule has 2 aliphatic heterocycles. The van der Waals surface area contributed by atoms with Gasteiger partial charge in [0.05, 0.1) is 0 Å². The van der Waals surface area contributed by atoms with E-state index in [1.54, 1.807) is 6.20 Å². The molecule has 2 aliphatic rings. The van der Waals surface area contributed by atoms with Gasteiger partial charge in [-0.1, -0.05) is 23.7 Å². The van der Waals surface area contributed by atoms with E-state index >= 15 is 0 Å². The van der Waals surface area contributed by atoms with Gasteiger partial charge in [-0.15, -0.1) is 0 Å². The zero-order valence-corrected chi connectivity index (χ0v) is 16.9. The number of halogens is 1. The minimum absolute atomic E-state index is 0.0581. The summed E-state index contributed by atoms with van der Waals surface area (Å²) in [6.45, 7) is 5.02. The fraction of sp³-hybridized carbons (Fsp3) is 0.455. The highest BCUT2D eigenvalue weighted by Gasteiger charge is 2.22. The van der Waals surface area contributed by atoms with Crippen molar-refractivity contribution in [1.29, 1.82) is 0 Å². The second-order valence-electron chi connectivity index (χ2n) is 7.74. The number of hydrogen-bond donors (Lipinski definition) is 1. The number of rotatable bonds is 5. The lowest BCUT2D eigenvalue weighted by Crippen LogP contribution is -2.44. The topological polar surface area (TPSA) is 48.5 Å². The number of nitrogens with zero attached hydrogens (tertiary/aromatic N) is 3. The van der Waals surface area contributed by atoms with Crippen LogP contribution in [0.5, 0.6) is 0 Å². The van der Waals surface area contributed by atoms with Crippen molar-refractivity contribution in [2.75, 3.05) is 31.1 Å². The SMILES string of the molecule is O=C(NC1CCN(Cc2ccc(Cl)cc2)CC1)c1cc(N2CCCC2)ccn1. The molecule has 4 rings (SSSR count). The van der Waals surface area contributed by atoms with Crippen molar-refractivity contribution in [3.63, 3.8) is 0 Å². The van der Waals surface area contributed by atoms with Crippen LogP contribution in [0.4, 0.5) is 5.69 Å². The number of amides is 1. The van der Waals surface area contributed by atoms with Crippen LogP contribution in [0.15, 0.2) is 42.6 Å². The number of carbonyl (C=O) groups excluding carboxylic acids is 1. The maximum absolute atomic E-state index is 12.7. The summed E-state index contributed by atoms with van der Waals surface area (Å²) in [7, 11) is 0. The van der Waals surface area contributed by atoms with E-state index in [4.69, 9.17) is 11.6 Å². The van der Waals surface area contributed by atoms with Crippen LogP contribution in [-0.4, -0.2) is 48.0 Å². The molecule has 0 atom stereocenters. The molecule has 0 aliphatic carbocycles. The van der Waals surface area contributed by atoms with Crippen molar-refractivity contribution in [1.82, 2.24) is 15.2 Å². The molecule has 0 spiro atoms. The number of aromatic nitrogens is 1. The lowest BCUT2D eigenvalue weighted by Gasteiger charge is -2.32. The maximum Gasteiger partial charge on any atom is 0.270 e. The molecule has 148 valence electrons. The monoisotopic (exact) mass is 398 g/mol. The van der Waals surface area contributed by atoms with Crippen molar-refractivity contribution >= 4 is 23.2 Å². The molecule has 0 unspecified atom stereocenters. The number of anilines is 1. The van der Waals surface area contributed by atoms with E-state index in [0.717, 1.165) is 56.3 Å². The van der Waals surface area contributed by atoms with E-state index in [9.17, 15) is 4.79 Å². The lowest BCUT2D eigenvalue weighted by atomic mass is 10.0. The Balaban J connectivity index is 1.28. The van der Waals surface area contributed by atoms with Gasteiger partial charge in [-0.25, -0.2) is 0 Å². The summed E-state index contributed by atoms with van der Waals surface area (Å²) in [4.78, 5) is 21.7. The summed E-state index contributed by atoms with van der Waals surface area (Å²) in [5, 5.41) is 3.95. The summed E-state index contributed by atoms with van der Waals surface area (Å²) >= 11 is 5.96. The second kappa shape index (κ2) is 8.93. The zero-order valence-electron chi connectivity index (χ0n) is 16.1. The Labute approximate surface area is 171 Å². The third-order valence-electron chi connectivity index (χ3n) is 5.69. The molecule has 6 heteroatoms. The van der Waals surface area contributed by atoms with Crippen molar-refractivity contribution in [2.24, 2.45) is 0 Å². The van der Waals surface area contributed by atoms with Crippen LogP contribution in [0.2, 0.25) is 5.02 Å². The normalized spacial score (nSPS) is 18.4. The quantitative estimate of drug-likeness (QED) is 0.833. The second-order valence-corrected chi connectivity index (χ2v) is 8.18. The Morgan fingerprint density at radius 2 is 1.79 bits per heavy atom. The Hall–Kier alpha value is -2.11. The summed E-state index contributed by atoms with van der Waals surface area (Å²) in [6.07, 6.45) is 6.12. The number of pyridine rings is 1. The van der Waals surface area contributed by atoms with Crippen molar-refractivity contribution in [3.05, 3.63) is 58.9 Å². The van der Waals surface area contributed by atoms with Crippen LogP contribution in [0.25, 0.3) is 0 Å². The van der Waals surface area contributed by atoms with Crippen LogP contribution in [0, 0.1) is 0 Å². The van der Waals surface area contributed by atoms with Gasteiger partial charge >= 0.3 is 0 Å². The van der Waals surface area contributed by atoms with E-state index in [1.807, 2.05) is 24.3 Å². The predicted octanol–water partition coefficient (Wildman–Crippen LogP) is 3.73. The minimum Gasteiger partial charge on any atom is -0.371 e. The van der Waals surface area contributed by atoms with Crippen LogP contribution < -0.4 is 10.2 Å². The molecule has 1 N–H and O–H groups in total. The van der Waals surface area contributed by atoms with Gasteiger partial charge < -0.3 is 10.2 Å². The highest BCUT2D eigenvalue weighted by Crippen LogP contribution is 2.21. The first kappa shape index (κ1) is 19.2. The summed E-state index contributed by atoms with van der Waals surface area (Å²) in [5.74, 6) is -0.0581. The highest BCUT2D eigenvalue weighted by atomic mass is 35.5. The number of hydrogen-bond acceptors (Lipinski definition) is 4. The average Bonchev–Trinajstić information content (AvgIpc) is 3.26. The van der Waals surface area contributed by atoms with E-state index < -0.39 is 0 Å². The standard InChI is InChI=1S/C22H27ClN4O/c23-18-5-3-17(4-6-18)16-26-13-8-19(9-14-26)25-22(28)21-15-20(7-10-24-21)27-11-1-2-12-27/h3-7,10,15,19H,1-2,8-9,11-14,16H2,(H,25,28). The fourth-order valence-corrected chi connectivity index (χ4v) is 4.18. The number of nitrogens with one attached hydrogen (secondary N) is 1. The van der Waals surface area contributed by atoms with Crippen LogP contribution >= 0.6 is 11.6 Å². The molecule has 1 amide bonds. The smallest absolute Gasteiger partial charge is 0.270 e. The number of likely N-dealkylation sites (tertiary alicyclic amines) is 1. The van der Waals surface area contributed by atoms with Gasteiger partial charge in [0, 0.05) is 55.7 Å². The summed E-state index contributed by atoms with van der Waals surface area (Å²) < 4.78 is 0.